The fourth-order valence-corrected chi connectivity index (χ4v) is 2.27. The van der Waals surface area contributed by atoms with Crippen LogP contribution in [0.1, 0.15) is 47.4 Å². The van der Waals surface area contributed by atoms with Gasteiger partial charge in [-0.3, -0.25) is 0 Å². The molecule has 0 saturated carbocycles. The smallest absolute Gasteiger partial charge is 0.128 e. The monoisotopic (exact) mass is 257 g/mol. The lowest BCUT2D eigenvalue weighted by molar-refractivity contribution is 0.444. The van der Waals surface area contributed by atoms with Gasteiger partial charge in [-0.25, -0.2) is 0 Å². The maximum atomic E-state index is 5.69. The second-order valence-electron chi connectivity index (χ2n) is 5.20. The second-order valence-corrected chi connectivity index (χ2v) is 5.20. The third-order valence-electron chi connectivity index (χ3n) is 3.63. The van der Waals surface area contributed by atoms with Crippen LogP contribution in [0.25, 0.3) is 0 Å². The number of aryl methyl sites for hydroxylation is 3. The zero-order valence-electron chi connectivity index (χ0n) is 12.3. The molecule has 19 heavy (non-hydrogen) atoms. The molecule has 1 aromatic heterocycles. The molecule has 0 aliphatic carbocycles. The molecule has 2 heteroatoms. The van der Waals surface area contributed by atoms with Gasteiger partial charge < -0.3 is 9.73 Å². The van der Waals surface area contributed by atoms with Crippen molar-refractivity contribution in [1.29, 1.82) is 0 Å². The highest BCUT2D eigenvalue weighted by molar-refractivity contribution is 5.36. The molecule has 0 fully saturated rings. The van der Waals surface area contributed by atoms with Crippen LogP contribution in [0.5, 0.6) is 0 Å². The molecule has 0 saturated heterocycles. The molecule has 1 N–H and O–H groups in total. The van der Waals surface area contributed by atoms with Gasteiger partial charge in [0.25, 0.3) is 0 Å². The van der Waals surface area contributed by atoms with Crippen molar-refractivity contribution in [3.63, 3.8) is 0 Å². The van der Waals surface area contributed by atoms with Crippen molar-refractivity contribution in [2.24, 2.45) is 0 Å². The first-order valence-electron chi connectivity index (χ1n) is 6.98. The maximum Gasteiger partial charge on any atom is 0.128 e. The van der Waals surface area contributed by atoms with Crippen molar-refractivity contribution in [3.8, 4) is 0 Å². The second kappa shape index (κ2) is 6.07. The van der Waals surface area contributed by atoms with Gasteiger partial charge in [0.15, 0.2) is 0 Å². The summed E-state index contributed by atoms with van der Waals surface area (Å²) in [6.07, 6.45) is 2.88. The topological polar surface area (TPSA) is 25.2 Å². The van der Waals surface area contributed by atoms with Gasteiger partial charge in [0.2, 0.25) is 0 Å². The van der Waals surface area contributed by atoms with Crippen molar-refractivity contribution in [2.45, 2.75) is 40.2 Å². The summed E-state index contributed by atoms with van der Waals surface area (Å²) in [7, 11) is 0. The lowest BCUT2D eigenvalue weighted by Crippen LogP contribution is -2.23. The van der Waals surface area contributed by atoms with Crippen molar-refractivity contribution in [2.75, 3.05) is 6.54 Å². The summed E-state index contributed by atoms with van der Waals surface area (Å²) >= 11 is 0. The minimum Gasteiger partial charge on any atom is -0.467 e. The van der Waals surface area contributed by atoms with E-state index in [1.165, 1.54) is 22.3 Å². The Morgan fingerprint density at radius 2 is 1.84 bits per heavy atom. The highest BCUT2D eigenvalue weighted by Crippen LogP contribution is 2.27. The predicted octanol–water partition coefficient (Wildman–Crippen LogP) is 4.29. The van der Waals surface area contributed by atoms with Crippen LogP contribution in [0, 0.1) is 20.8 Å². The van der Waals surface area contributed by atoms with E-state index in [4.69, 9.17) is 4.42 Å². The van der Waals surface area contributed by atoms with Crippen LogP contribution in [-0.4, -0.2) is 6.54 Å². The third-order valence-corrected chi connectivity index (χ3v) is 3.63. The number of hydrogen-bond acceptors (Lipinski definition) is 2. The highest BCUT2D eigenvalue weighted by Gasteiger charge is 2.18. The number of rotatable bonds is 5. The van der Waals surface area contributed by atoms with Crippen LogP contribution < -0.4 is 5.32 Å². The molecule has 0 radical (unpaired) electrons. The van der Waals surface area contributed by atoms with Gasteiger partial charge in [-0.2, -0.15) is 0 Å². The molecule has 2 rings (SSSR count). The average Bonchev–Trinajstić information content (AvgIpc) is 2.80. The van der Waals surface area contributed by atoms with Gasteiger partial charge in [0.1, 0.15) is 5.76 Å². The van der Waals surface area contributed by atoms with E-state index in [2.05, 4.69) is 51.2 Å². The van der Waals surface area contributed by atoms with Crippen molar-refractivity contribution < 1.29 is 4.42 Å². The third kappa shape index (κ3) is 3.07. The first-order valence-corrected chi connectivity index (χ1v) is 6.98. The molecule has 0 aliphatic rings. The summed E-state index contributed by atoms with van der Waals surface area (Å²) in [5, 5.41) is 3.58. The zero-order valence-corrected chi connectivity index (χ0v) is 12.3. The Kier molecular flexibility index (Phi) is 4.43. The number of benzene rings is 1. The van der Waals surface area contributed by atoms with Gasteiger partial charge >= 0.3 is 0 Å². The molecule has 2 nitrogen and oxygen atoms in total. The first kappa shape index (κ1) is 13.9. The molecule has 1 aromatic carbocycles. The Hall–Kier alpha value is -1.54. The SMILES string of the molecule is CCCNC(c1ccc(C)c(C)c1)c1occc1C. The van der Waals surface area contributed by atoms with Gasteiger partial charge in [-0.05, 0) is 62.1 Å². The predicted molar refractivity (Wildman–Crippen MR) is 79.5 cm³/mol. The van der Waals surface area contributed by atoms with Gasteiger partial charge in [-0.1, -0.05) is 25.1 Å². The lowest BCUT2D eigenvalue weighted by Gasteiger charge is -2.19. The largest absolute Gasteiger partial charge is 0.467 e. The summed E-state index contributed by atoms with van der Waals surface area (Å²) < 4.78 is 5.69. The quantitative estimate of drug-likeness (QED) is 0.864. The van der Waals surface area contributed by atoms with Crippen molar-refractivity contribution in [1.82, 2.24) is 5.32 Å². The standard InChI is InChI=1S/C17H23NO/c1-5-9-18-16(17-13(3)8-10-19-17)15-7-6-12(2)14(4)11-15/h6-8,10-11,16,18H,5,9H2,1-4H3. The zero-order chi connectivity index (χ0) is 13.8. The van der Waals surface area contributed by atoms with Crippen LogP contribution in [-0.2, 0) is 0 Å². The molecular weight excluding hydrogens is 234 g/mol. The van der Waals surface area contributed by atoms with E-state index in [-0.39, 0.29) is 6.04 Å². The molecule has 0 bridgehead atoms. The van der Waals surface area contributed by atoms with Crippen LogP contribution in [0.2, 0.25) is 0 Å². The van der Waals surface area contributed by atoms with E-state index >= 15 is 0 Å². The number of furan rings is 1. The number of nitrogens with one attached hydrogen (secondary N) is 1. The molecule has 1 unspecified atom stereocenters. The van der Waals surface area contributed by atoms with Gasteiger partial charge in [0.05, 0.1) is 12.3 Å². The first-order chi connectivity index (χ1) is 9.13. The summed E-state index contributed by atoms with van der Waals surface area (Å²) in [6, 6.07) is 8.80. The van der Waals surface area contributed by atoms with E-state index in [1.54, 1.807) is 6.26 Å². The average molecular weight is 257 g/mol. The summed E-state index contributed by atoms with van der Waals surface area (Å²) in [5.41, 5.74) is 5.13. The molecule has 1 atom stereocenters. The fourth-order valence-electron chi connectivity index (χ4n) is 2.27. The van der Waals surface area contributed by atoms with Crippen LogP contribution in [0.3, 0.4) is 0 Å². The summed E-state index contributed by atoms with van der Waals surface area (Å²) in [4.78, 5) is 0. The summed E-state index contributed by atoms with van der Waals surface area (Å²) in [6.45, 7) is 9.56. The van der Waals surface area contributed by atoms with Crippen molar-refractivity contribution >= 4 is 0 Å². The Morgan fingerprint density at radius 1 is 1.05 bits per heavy atom. The molecular formula is C17H23NO. The minimum absolute atomic E-state index is 0.147. The Balaban J connectivity index is 2.37. The van der Waals surface area contributed by atoms with E-state index < -0.39 is 0 Å². The van der Waals surface area contributed by atoms with Crippen LogP contribution >= 0.6 is 0 Å². The fraction of sp³-hybridized carbons (Fsp3) is 0.412. The van der Waals surface area contributed by atoms with Gasteiger partial charge in [0, 0.05) is 0 Å². The van der Waals surface area contributed by atoms with Crippen molar-refractivity contribution in [3.05, 3.63) is 58.5 Å². The van der Waals surface area contributed by atoms with Gasteiger partial charge in [-0.15, -0.1) is 0 Å². The Labute approximate surface area is 115 Å². The Bertz CT molecular complexity index is 542. The molecule has 0 aliphatic heterocycles. The molecule has 0 spiro atoms. The highest BCUT2D eigenvalue weighted by atomic mass is 16.3. The number of hydrogen-bond donors (Lipinski definition) is 1. The van der Waals surface area contributed by atoms with Crippen LogP contribution in [0.4, 0.5) is 0 Å². The van der Waals surface area contributed by atoms with Crippen LogP contribution in [0.15, 0.2) is 34.9 Å². The molecule has 0 amide bonds. The summed E-state index contributed by atoms with van der Waals surface area (Å²) in [5.74, 6) is 1.02. The minimum atomic E-state index is 0.147. The molecule has 1 heterocycles. The van der Waals surface area contributed by atoms with E-state index in [0.717, 1.165) is 18.7 Å². The molecule has 102 valence electrons. The maximum absolute atomic E-state index is 5.69. The molecule has 2 aromatic rings. The normalized spacial score (nSPS) is 12.6. The Morgan fingerprint density at radius 3 is 2.42 bits per heavy atom. The van der Waals surface area contributed by atoms with E-state index in [9.17, 15) is 0 Å². The van der Waals surface area contributed by atoms with E-state index in [0.29, 0.717) is 0 Å². The lowest BCUT2D eigenvalue weighted by atomic mass is 9.98. The van der Waals surface area contributed by atoms with E-state index in [1.807, 2.05) is 6.07 Å².